The number of carboxylic acid groups (broad SMARTS) is 6. The van der Waals surface area contributed by atoms with Gasteiger partial charge in [0.25, 0.3) is 0 Å². The molecule has 0 aliphatic carbocycles. The van der Waals surface area contributed by atoms with E-state index in [-0.39, 0.29) is 62.0 Å². The van der Waals surface area contributed by atoms with Gasteiger partial charge in [0, 0.05) is 0 Å². The molecule has 0 spiro atoms. The Kier molecular flexibility index (Phi) is 18.0. The van der Waals surface area contributed by atoms with Gasteiger partial charge in [0.05, 0.1) is 25.7 Å². The Bertz CT molecular complexity index is 528. The molecule has 0 saturated heterocycles. The fourth-order valence-electron chi connectivity index (χ4n) is 1.43. The van der Waals surface area contributed by atoms with Crippen molar-refractivity contribution in [3.8, 4) is 0 Å². The molecule has 0 heterocycles. The second-order valence-corrected chi connectivity index (χ2v) is 4.96. The molecule has 0 aromatic carbocycles. The molecule has 0 radical (unpaired) electrons. The fourth-order valence-corrected chi connectivity index (χ4v) is 1.43. The maximum absolute atomic E-state index is 10.3. The van der Waals surface area contributed by atoms with Gasteiger partial charge >= 0.3 is 94.9 Å². The van der Waals surface area contributed by atoms with Crippen LogP contribution >= 0.6 is 0 Å². The molecule has 0 bridgehead atoms. The predicted octanol–water partition coefficient (Wildman–Crippen LogP) is -8.26. The van der Waals surface area contributed by atoms with Crippen molar-refractivity contribution in [1.82, 2.24) is 0 Å². The van der Waals surface area contributed by atoms with Gasteiger partial charge in [-0.1, -0.05) is 0 Å². The minimum Gasteiger partial charge on any atom is -1.00 e. The molecule has 0 fully saturated rings. The van der Waals surface area contributed by atoms with Crippen LogP contribution in [0.15, 0.2) is 0 Å². The van der Waals surface area contributed by atoms with Crippen molar-refractivity contribution in [2.75, 3.05) is 0 Å². The van der Waals surface area contributed by atoms with Gasteiger partial charge in [-0.15, -0.1) is 0 Å². The number of aliphatic carboxylic acids is 6. The van der Waals surface area contributed by atoms with Crippen molar-refractivity contribution in [1.29, 1.82) is 0 Å². The van der Waals surface area contributed by atoms with Crippen LogP contribution in [0.2, 0.25) is 0 Å². The smallest absolute Gasteiger partial charge is 1.00 e. The third-order valence-corrected chi connectivity index (χ3v) is 2.57. The van der Waals surface area contributed by atoms with Crippen LogP contribution in [0, 0.1) is 0 Å². The minimum absolute atomic E-state index is 0. The van der Waals surface area contributed by atoms with Gasteiger partial charge in [0.15, 0.2) is 11.2 Å². The molecule has 0 aromatic heterocycles. The number of hydrogen-bond donors (Lipinski definition) is 8. The van der Waals surface area contributed by atoms with Gasteiger partial charge in [-0.2, -0.15) is 0 Å². The summed E-state index contributed by atoms with van der Waals surface area (Å²) in [6.45, 7) is 0. The summed E-state index contributed by atoms with van der Waals surface area (Å²) in [7, 11) is 0. The first kappa shape index (κ1) is 34.3. The largest absolute Gasteiger partial charge is 1.00 e. The average Bonchev–Trinajstić information content (AvgIpc) is 2.34. The van der Waals surface area contributed by atoms with E-state index in [1.165, 1.54) is 0 Å². The van der Waals surface area contributed by atoms with Crippen LogP contribution in [0.25, 0.3) is 0 Å². The van der Waals surface area contributed by atoms with Gasteiger partial charge in [-0.05, 0) is 0 Å². The first-order chi connectivity index (χ1) is 11.6. The number of aliphatic hydroxyl groups is 2. The van der Waals surface area contributed by atoms with Crippen molar-refractivity contribution in [3.05, 3.63) is 0 Å². The topological polar surface area (TPSA) is 264 Å². The van der Waals surface area contributed by atoms with E-state index in [0.29, 0.717) is 0 Å². The Morgan fingerprint density at radius 1 is 0.500 bits per heavy atom. The summed E-state index contributed by atoms with van der Waals surface area (Å²) in [4.78, 5) is 61.0. The Labute approximate surface area is 203 Å². The molecule has 0 aliphatic rings. The van der Waals surface area contributed by atoms with Gasteiger partial charge in [-0.25, -0.2) is 9.59 Å². The minimum atomic E-state index is -2.74. The number of rotatable bonds is 10. The van der Waals surface area contributed by atoms with Gasteiger partial charge < -0.3 is 43.7 Å². The second-order valence-electron chi connectivity index (χ2n) is 4.96. The van der Waals surface area contributed by atoms with E-state index in [9.17, 15) is 28.8 Å². The molecule has 8 N–H and O–H groups in total. The van der Waals surface area contributed by atoms with Crippen molar-refractivity contribution in [3.63, 3.8) is 0 Å². The molecule has 0 unspecified atom stereocenters. The summed E-state index contributed by atoms with van der Waals surface area (Å²) >= 11 is 0. The molecule has 0 rings (SSSR count). The van der Waals surface area contributed by atoms with E-state index < -0.39 is 72.7 Å². The molecular weight excluding hydrogens is 414 g/mol. The zero-order valence-electron chi connectivity index (χ0n) is 16.9. The second kappa shape index (κ2) is 14.7. The quantitative estimate of drug-likeness (QED) is 0.149. The van der Waals surface area contributed by atoms with Crippen LogP contribution < -0.4 is 59.1 Å². The Hall–Kier alpha value is -1.26. The molecular formula is C12H18Na2O14. The van der Waals surface area contributed by atoms with Gasteiger partial charge in [-0.3, -0.25) is 19.2 Å². The van der Waals surface area contributed by atoms with E-state index >= 15 is 0 Å². The third kappa shape index (κ3) is 14.8. The molecule has 0 saturated carbocycles. The predicted molar refractivity (Wildman–Crippen MR) is 76.4 cm³/mol. The van der Waals surface area contributed by atoms with E-state index in [2.05, 4.69) is 0 Å². The van der Waals surface area contributed by atoms with E-state index in [4.69, 9.17) is 40.9 Å². The Morgan fingerprint density at radius 2 is 0.643 bits per heavy atom. The molecule has 14 nitrogen and oxygen atoms in total. The molecule has 0 aliphatic heterocycles. The molecule has 28 heavy (non-hydrogen) atoms. The van der Waals surface area contributed by atoms with Crippen LogP contribution in [-0.4, -0.2) is 87.9 Å². The van der Waals surface area contributed by atoms with Gasteiger partial charge in [0.2, 0.25) is 0 Å². The zero-order valence-corrected chi connectivity index (χ0v) is 18.9. The van der Waals surface area contributed by atoms with Crippen LogP contribution in [0.3, 0.4) is 0 Å². The molecule has 0 amide bonds. The summed E-state index contributed by atoms with van der Waals surface area (Å²) in [6.07, 6.45) is -4.58. The Morgan fingerprint density at radius 3 is 0.714 bits per heavy atom. The normalized spacial score (nSPS) is 10.1. The summed E-state index contributed by atoms with van der Waals surface area (Å²) in [5.41, 5.74) is -5.48. The molecule has 16 heteroatoms. The third-order valence-electron chi connectivity index (χ3n) is 2.57. The maximum Gasteiger partial charge on any atom is 1.00 e. The molecule has 0 atom stereocenters. The fraction of sp³-hybridized carbons (Fsp3) is 0.500. The SMILES string of the molecule is O=C(O)CC(O)(CC(=O)O)C(=O)O.O=C(O)CC(O)(CC(=O)O)C(=O)O.[H-].[H-].[Na+].[Na+]. The zero-order chi connectivity index (χ0) is 21.3. The van der Waals surface area contributed by atoms with Crippen LogP contribution in [0.4, 0.5) is 0 Å². The van der Waals surface area contributed by atoms with E-state index in [0.717, 1.165) is 0 Å². The summed E-state index contributed by atoms with van der Waals surface area (Å²) in [5.74, 6) is -10.0. The summed E-state index contributed by atoms with van der Waals surface area (Å²) in [5, 5.41) is 67.6. The Balaban J connectivity index is -0.0000000847. The van der Waals surface area contributed by atoms with Gasteiger partial charge in [0.1, 0.15) is 0 Å². The number of hydrogen-bond acceptors (Lipinski definition) is 8. The molecule has 0 aromatic rings. The van der Waals surface area contributed by atoms with Crippen LogP contribution in [0.5, 0.6) is 0 Å². The van der Waals surface area contributed by atoms with Crippen molar-refractivity contribution in [2.45, 2.75) is 36.9 Å². The average molecular weight is 432 g/mol. The monoisotopic (exact) mass is 432 g/mol. The van der Waals surface area contributed by atoms with Crippen LogP contribution in [-0.2, 0) is 28.8 Å². The number of carbonyl (C=O) groups is 6. The van der Waals surface area contributed by atoms with Crippen LogP contribution in [0.1, 0.15) is 28.5 Å². The summed E-state index contributed by atoms with van der Waals surface area (Å²) in [6, 6.07) is 0. The van der Waals surface area contributed by atoms with E-state index in [1.54, 1.807) is 0 Å². The first-order valence-electron chi connectivity index (χ1n) is 6.34. The van der Waals surface area contributed by atoms with Crippen molar-refractivity contribution in [2.24, 2.45) is 0 Å². The molecule has 152 valence electrons. The first-order valence-corrected chi connectivity index (χ1v) is 6.34. The maximum atomic E-state index is 10.3. The standard InChI is InChI=1S/2C6H8O7.2Na.2H/c2*7-3(8)1-6(13,5(11)12)2-4(9)10;;;;/h2*13H,1-2H2,(H,7,8)(H,9,10)(H,11,12);;;;/q;;2*+1;2*-1. The van der Waals surface area contributed by atoms with Crippen molar-refractivity contribution < 1.29 is 132 Å². The van der Waals surface area contributed by atoms with Crippen molar-refractivity contribution >= 4 is 35.8 Å². The number of carboxylic acids is 6. The van der Waals surface area contributed by atoms with E-state index in [1.807, 2.05) is 0 Å². The summed E-state index contributed by atoms with van der Waals surface area (Å²) < 4.78 is 0.